The van der Waals surface area contributed by atoms with E-state index < -0.39 is 5.60 Å². The Hall–Kier alpha value is -0.770. The van der Waals surface area contributed by atoms with E-state index in [1.807, 2.05) is 22.9 Å². The summed E-state index contributed by atoms with van der Waals surface area (Å²) in [4.78, 5) is 12.7. The number of nitrogens with one attached hydrogen (secondary N) is 3. The van der Waals surface area contributed by atoms with Crippen LogP contribution in [0.4, 0.5) is 5.69 Å². The number of piperidine rings is 1. The maximum Gasteiger partial charge on any atom is 0.255 e. The Labute approximate surface area is 160 Å². The van der Waals surface area contributed by atoms with E-state index >= 15 is 0 Å². The first kappa shape index (κ1) is 18.0. The highest BCUT2D eigenvalue weighted by Gasteiger charge is 2.31. The summed E-state index contributed by atoms with van der Waals surface area (Å²) >= 11 is 8.36. The summed E-state index contributed by atoms with van der Waals surface area (Å²) in [5.41, 5.74) is 1.33. The van der Waals surface area contributed by atoms with Crippen LogP contribution in [0.5, 0.6) is 5.75 Å². The van der Waals surface area contributed by atoms with Crippen molar-refractivity contribution in [3.8, 4) is 5.75 Å². The minimum atomic E-state index is -0.852. The minimum absolute atomic E-state index is 0.228. The molecule has 6 nitrogen and oxygen atoms in total. The van der Waals surface area contributed by atoms with Crippen LogP contribution < -0.4 is 18.9 Å². The third kappa shape index (κ3) is 3.74. The van der Waals surface area contributed by atoms with Gasteiger partial charge in [-0.05, 0) is 44.8 Å². The molecule has 1 aromatic carbocycles. The van der Waals surface area contributed by atoms with E-state index in [1.165, 1.54) is 0 Å². The van der Waals surface area contributed by atoms with Crippen LogP contribution in [0.3, 0.4) is 0 Å². The van der Waals surface area contributed by atoms with Crippen LogP contribution in [-0.4, -0.2) is 42.9 Å². The molecule has 0 bridgehead atoms. The predicted octanol–water partition coefficient (Wildman–Crippen LogP) is 2.27. The van der Waals surface area contributed by atoms with Crippen molar-refractivity contribution >= 4 is 46.1 Å². The predicted molar refractivity (Wildman–Crippen MR) is 102 cm³/mol. The van der Waals surface area contributed by atoms with Crippen molar-refractivity contribution in [2.45, 2.75) is 31.3 Å². The van der Waals surface area contributed by atoms with E-state index in [0.29, 0.717) is 35.8 Å². The third-order valence-corrected chi connectivity index (χ3v) is 5.44. The number of carbonyl (C=O) groups is 1. The maximum atomic E-state index is 12.7. The summed E-state index contributed by atoms with van der Waals surface area (Å²) < 4.78 is 8.81. The average Bonchev–Trinajstić information content (AvgIpc) is 2.60. The van der Waals surface area contributed by atoms with Gasteiger partial charge in [0.15, 0.2) is 0 Å². The second kappa shape index (κ2) is 7.63. The molecule has 0 unspecified atom stereocenters. The van der Waals surface area contributed by atoms with Gasteiger partial charge in [0.05, 0.1) is 51.3 Å². The van der Waals surface area contributed by atoms with Gasteiger partial charge in [0.1, 0.15) is 5.75 Å². The first-order chi connectivity index (χ1) is 11.5. The Kier molecular flexibility index (Phi) is 5.74. The third-order valence-electron chi connectivity index (χ3n) is 4.60. The number of halogens is 2. The maximum absolute atomic E-state index is 12.7. The molecule has 4 N–H and O–H groups in total. The highest BCUT2D eigenvalue weighted by atomic mass is 127. The molecule has 3 rings (SSSR count). The Balaban J connectivity index is 1.81. The second-order valence-electron chi connectivity index (χ2n) is 6.29. The molecule has 1 fully saturated rings. The smallest absolute Gasteiger partial charge is 0.255 e. The van der Waals surface area contributed by atoms with Crippen molar-refractivity contribution in [1.82, 2.24) is 10.6 Å². The lowest BCUT2D eigenvalue weighted by atomic mass is 9.92. The lowest BCUT2D eigenvalue weighted by Gasteiger charge is -2.32. The normalized spacial score (nSPS) is 19.1. The standard InChI is InChI=1S/C16H21ClIN3O3/c17-12-8-11(14-10(13(12)21-18)2-1-7-24-14)15(22)20-9-16(23)3-5-19-6-4-16/h8,19,21,23H,1-7,9H2,(H,20,22). The number of amides is 1. The lowest BCUT2D eigenvalue weighted by Crippen LogP contribution is -2.49. The lowest BCUT2D eigenvalue weighted by molar-refractivity contribution is 0.0112. The van der Waals surface area contributed by atoms with Gasteiger partial charge in [0.2, 0.25) is 0 Å². The van der Waals surface area contributed by atoms with Crippen molar-refractivity contribution in [3.05, 3.63) is 22.2 Å². The van der Waals surface area contributed by atoms with Crippen LogP contribution in [0, 0.1) is 0 Å². The molecule has 1 amide bonds. The van der Waals surface area contributed by atoms with E-state index in [2.05, 4.69) is 14.2 Å². The number of hydrogen-bond acceptors (Lipinski definition) is 5. The zero-order valence-electron chi connectivity index (χ0n) is 13.3. The van der Waals surface area contributed by atoms with Gasteiger partial charge in [0, 0.05) is 12.1 Å². The highest BCUT2D eigenvalue weighted by molar-refractivity contribution is 14.1. The molecule has 2 aliphatic heterocycles. The number of fused-ring (bicyclic) bond motifs is 1. The van der Waals surface area contributed by atoms with E-state index in [0.717, 1.165) is 37.2 Å². The van der Waals surface area contributed by atoms with Crippen molar-refractivity contribution in [2.24, 2.45) is 0 Å². The zero-order valence-corrected chi connectivity index (χ0v) is 16.2. The average molecular weight is 466 g/mol. The molecule has 2 aliphatic rings. The first-order valence-corrected chi connectivity index (χ1v) is 9.56. The molecule has 0 saturated carbocycles. The van der Waals surface area contributed by atoms with Gasteiger partial charge >= 0.3 is 0 Å². The van der Waals surface area contributed by atoms with Gasteiger partial charge in [0.25, 0.3) is 5.91 Å². The largest absolute Gasteiger partial charge is 0.492 e. The molecule has 2 heterocycles. The monoisotopic (exact) mass is 465 g/mol. The van der Waals surface area contributed by atoms with Crippen LogP contribution >= 0.6 is 34.5 Å². The van der Waals surface area contributed by atoms with Gasteiger partial charge in [-0.3, -0.25) is 4.79 Å². The summed E-state index contributed by atoms with van der Waals surface area (Å²) in [6.07, 6.45) is 2.96. The Morgan fingerprint density at radius 1 is 1.46 bits per heavy atom. The number of carbonyl (C=O) groups excluding carboxylic acids is 1. The quantitative estimate of drug-likeness (QED) is 0.405. The fraction of sp³-hybridized carbons (Fsp3) is 0.562. The van der Waals surface area contributed by atoms with Crippen LogP contribution in [0.2, 0.25) is 5.02 Å². The van der Waals surface area contributed by atoms with Crippen molar-refractivity contribution < 1.29 is 14.6 Å². The van der Waals surface area contributed by atoms with Crippen LogP contribution in [0.25, 0.3) is 0 Å². The summed E-state index contributed by atoms with van der Waals surface area (Å²) in [6.45, 7) is 2.33. The fourth-order valence-electron chi connectivity index (χ4n) is 3.19. The topological polar surface area (TPSA) is 82.6 Å². The van der Waals surface area contributed by atoms with E-state index in [9.17, 15) is 9.90 Å². The van der Waals surface area contributed by atoms with Crippen LogP contribution in [0.15, 0.2) is 6.07 Å². The molecule has 1 aromatic rings. The van der Waals surface area contributed by atoms with Crippen LogP contribution in [0.1, 0.15) is 35.2 Å². The van der Waals surface area contributed by atoms with Crippen molar-refractivity contribution in [3.63, 3.8) is 0 Å². The van der Waals surface area contributed by atoms with Gasteiger partial charge in [-0.2, -0.15) is 0 Å². The number of hydrogen-bond donors (Lipinski definition) is 4. The van der Waals surface area contributed by atoms with E-state index in [-0.39, 0.29) is 12.5 Å². The summed E-state index contributed by atoms with van der Waals surface area (Å²) in [6, 6.07) is 1.63. The molecule has 132 valence electrons. The molecular weight excluding hydrogens is 445 g/mol. The van der Waals surface area contributed by atoms with Gasteiger partial charge in [-0.15, -0.1) is 0 Å². The molecule has 1 saturated heterocycles. The summed E-state index contributed by atoms with van der Waals surface area (Å²) in [5.74, 6) is 0.335. The molecule has 8 heteroatoms. The number of benzene rings is 1. The number of rotatable bonds is 4. The second-order valence-corrected chi connectivity index (χ2v) is 7.24. The van der Waals surface area contributed by atoms with Gasteiger partial charge in [-0.1, -0.05) is 11.6 Å². The number of ether oxygens (including phenoxy) is 1. The SMILES string of the molecule is O=C(NCC1(O)CCNCC1)c1cc(Cl)c(NI)c2c1OCCC2. The molecule has 0 radical (unpaired) electrons. The zero-order chi connectivity index (χ0) is 17.2. The summed E-state index contributed by atoms with van der Waals surface area (Å²) in [7, 11) is 0. The summed E-state index contributed by atoms with van der Waals surface area (Å²) in [5, 5.41) is 17.1. The molecular formula is C16H21ClIN3O3. The highest BCUT2D eigenvalue weighted by Crippen LogP contribution is 2.40. The minimum Gasteiger partial charge on any atom is -0.492 e. The molecule has 0 aliphatic carbocycles. The molecule has 0 spiro atoms. The number of anilines is 1. The van der Waals surface area contributed by atoms with Gasteiger partial charge < -0.3 is 24.0 Å². The van der Waals surface area contributed by atoms with Crippen LogP contribution in [-0.2, 0) is 6.42 Å². The Morgan fingerprint density at radius 2 is 2.21 bits per heavy atom. The van der Waals surface area contributed by atoms with Crippen molar-refractivity contribution in [1.29, 1.82) is 0 Å². The Bertz CT molecular complexity index is 635. The molecule has 24 heavy (non-hydrogen) atoms. The fourth-order valence-corrected chi connectivity index (χ4v) is 4.24. The Morgan fingerprint density at radius 3 is 2.92 bits per heavy atom. The van der Waals surface area contributed by atoms with Gasteiger partial charge in [-0.25, -0.2) is 0 Å². The number of aliphatic hydroxyl groups is 1. The van der Waals surface area contributed by atoms with E-state index in [4.69, 9.17) is 16.3 Å². The van der Waals surface area contributed by atoms with E-state index in [1.54, 1.807) is 6.07 Å². The van der Waals surface area contributed by atoms with Crippen molar-refractivity contribution in [2.75, 3.05) is 29.8 Å². The molecule has 0 aromatic heterocycles. The first-order valence-electron chi connectivity index (χ1n) is 8.10. The molecule has 0 atom stereocenters.